The summed E-state index contributed by atoms with van der Waals surface area (Å²) in [7, 11) is 0. The Balaban J connectivity index is 2.76. The van der Waals surface area contributed by atoms with Gasteiger partial charge >= 0.3 is 0 Å². The standard InChI is InChI=1S/C15H21Br2NO3/c1-3-20-9-7-18(8-10-21-4-2)15(19)13-6-5-12(16)11-14(13)17/h5-6,11H,3-4,7-10H2,1-2H3. The van der Waals surface area contributed by atoms with Crippen molar-refractivity contribution in [3.05, 3.63) is 32.7 Å². The minimum Gasteiger partial charge on any atom is -0.380 e. The molecule has 0 saturated heterocycles. The number of rotatable bonds is 9. The zero-order valence-corrected chi connectivity index (χ0v) is 15.6. The van der Waals surface area contributed by atoms with Crippen molar-refractivity contribution in [3.63, 3.8) is 0 Å². The molecule has 0 N–H and O–H groups in total. The Bertz CT molecular complexity index is 445. The van der Waals surface area contributed by atoms with Crippen molar-refractivity contribution in [1.82, 2.24) is 4.90 Å². The van der Waals surface area contributed by atoms with Crippen molar-refractivity contribution in [2.45, 2.75) is 13.8 Å². The summed E-state index contributed by atoms with van der Waals surface area (Å²) < 4.78 is 12.4. The van der Waals surface area contributed by atoms with Crippen LogP contribution in [0.4, 0.5) is 0 Å². The van der Waals surface area contributed by atoms with Gasteiger partial charge in [-0.2, -0.15) is 0 Å². The molecule has 0 fully saturated rings. The average Bonchev–Trinajstić information content (AvgIpc) is 2.45. The molecule has 21 heavy (non-hydrogen) atoms. The number of benzene rings is 1. The van der Waals surface area contributed by atoms with E-state index < -0.39 is 0 Å². The molecule has 6 heteroatoms. The molecule has 0 unspecified atom stereocenters. The van der Waals surface area contributed by atoms with E-state index in [0.717, 1.165) is 8.95 Å². The lowest BCUT2D eigenvalue weighted by atomic mass is 10.2. The van der Waals surface area contributed by atoms with Gasteiger partial charge < -0.3 is 14.4 Å². The molecule has 1 aromatic carbocycles. The highest BCUT2D eigenvalue weighted by Crippen LogP contribution is 2.23. The summed E-state index contributed by atoms with van der Waals surface area (Å²) in [5.74, 6) is -0.0196. The van der Waals surface area contributed by atoms with E-state index in [-0.39, 0.29) is 5.91 Å². The van der Waals surface area contributed by atoms with E-state index in [1.807, 2.05) is 32.0 Å². The Hall–Kier alpha value is -0.430. The van der Waals surface area contributed by atoms with Gasteiger partial charge in [0.1, 0.15) is 0 Å². The molecule has 0 spiro atoms. The predicted octanol–water partition coefficient (Wildman–Crippen LogP) is 3.73. The first kappa shape index (κ1) is 18.6. The highest BCUT2D eigenvalue weighted by Gasteiger charge is 2.18. The molecular formula is C15H21Br2NO3. The normalized spacial score (nSPS) is 10.7. The molecule has 0 heterocycles. The lowest BCUT2D eigenvalue weighted by Crippen LogP contribution is -2.37. The van der Waals surface area contributed by atoms with Gasteiger partial charge in [-0.05, 0) is 48.0 Å². The smallest absolute Gasteiger partial charge is 0.255 e. The summed E-state index contributed by atoms with van der Waals surface area (Å²) in [6.45, 7) is 7.36. The van der Waals surface area contributed by atoms with Gasteiger partial charge in [-0.3, -0.25) is 4.79 Å². The van der Waals surface area contributed by atoms with Crippen LogP contribution in [0.15, 0.2) is 27.1 Å². The number of ether oxygens (including phenoxy) is 2. The van der Waals surface area contributed by atoms with Crippen LogP contribution in [0, 0.1) is 0 Å². The maximum atomic E-state index is 12.6. The van der Waals surface area contributed by atoms with E-state index in [1.54, 1.807) is 4.90 Å². The van der Waals surface area contributed by atoms with Gasteiger partial charge in [0.05, 0.1) is 18.8 Å². The quantitative estimate of drug-likeness (QED) is 0.569. The Morgan fingerprint density at radius 3 is 2.14 bits per heavy atom. The van der Waals surface area contributed by atoms with Gasteiger partial charge in [-0.15, -0.1) is 0 Å². The van der Waals surface area contributed by atoms with Gasteiger partial charge in [-0.1, -0.05) is 15.9 Å². The fraction of sp³-hybridized carbons (Fsp3) is 0.533. The van der Waals surface area contributed by atoms with Crippen LogP contribution in [0.3, 0.4) is 0 Å². The number of hydrogen-bond acceptors (Lipinski definition) is 3. The minimum absolute atomic E-state index is 0.0196. The van der Waals surface area contributed by atoms with E-state index in [9.17, 15) is 4.79 Å². The molecule has 0 bridgehead atoms. The zero-order valence-electron chi connectivity index (χ0n) is 12.4. The Labute approximate surface area is 143 Å². The first-order valence-electron chi connectivity index (χ1n) is 7.00. The van der Waals surface area contributed by atoms with Crippen LogP contribution < -0.4 is 0 Å². The van der Waals surface area contributed by atoms with Gasteiger partial charge in [0.25, 0.3) is 5.91 Å². The van der Waals surface area contributed by atoms with Crippen molar-refractivity contribution >= 4 is 37.8 Å². The van der Waals surface area contributed by atoms with E-state index in [2.05, 4.69) is 31.9 Å². The van der Waals surface area contributed by atoms with E-state index in [0.29, 0.717) is 45.1 Å². The molecule has 0 aliphatic rings. The second-order valence-corrected chi connectivity index (χ2v) is 6.08. The maximum absolute atomic E-state index is 12.6. The van der Waals surface area contributed by atoms with Crippen molar-refractivity contribution in [3.8, 4) is 0 Å². The van der Waals surface area contributed by atoms with E-state index in [4.69, 9.17) is 9.47 Å². The third-order valence-electron chi connectivity index (χ3n) is 2.87. The van der Waals surface area contributed by atoms with Crippen LogP contribution in [0.25, 0.3) is 0 Å². The fourth-order valence-corrected chi connectivity index (χ4v) is 3.00. The van der Waals surface area contributed by atoms with Crippen molar-refractivity contribution in [2.24, 2.45) is 0 Å². The van der Waals surface area contributed by atoms with Crippen LogP contribution in [-0.4, -0.2) is 50.3 Å². The first-order chi connectivity index (χ1) is 10.1. The molecule has 1 rings (SSSR count). The topological polar surface area (TPSA) is 38.8 Å². The van der Waals surface area contributed by atoms with Crippen LogP contribution in [0.2, 0.25) is 0 Å². The van der Waals surface area contributed by atoms with Gasteiger partial charge in [-0.25, -0.2) is 0 Å². The molecule has 0 atom stereocenters. The number of hydrogen-bond donors (Lipinski definition) is 0. The molecule has 1 amide bonds. The first-order valence-corrected chi connectivity index (χ1v) is 8.58. The molecule has 0 radical (unpaired) electrons. The highest BCUT2D eigenvalue weighted by atomic mass is 79.9. The molecule has 118 valence electrons. The fourth-order valence-electron chi connectivity index (χ4n) is 1.79. The third kappa shape index (κ3) is 6.46. The van der Waals surface area contributed by atoms with Crippen LogP contribution >= 0.6 is 31.9 Å². The zero-order chi connectivity index (χ0) is 15.7. The summed E-state index contributed by atoms with van der Waals surface area (Å²) in [5.41, 5.74) is 0.645. The molecule has 0 aliphatic heterocycles. The molecule has 0 aliphatic carbocycles. The summed E-state index contributed by atoms with van der Waals surface area (Å²) >= 11 is 6.83. The third-order valence-corrected chi connectivity index (χ3v) is 4.02. The highest BCUT2D eigenvalue weighted by molar-refractivity contribution is 9.11. The Morgan fingerprint density at radius 2 is 1.67 bits per heavy atom. The minimum atomic E-state index is -0.0196. The van der Waals surface area contributed by atoms with Gasteiger partial charge in [0.15, 0.2) is 0 Å². The lowest BCUT2D eigenvalue weighted by molar-refractivity contribution is 0.0549. The van der Waals surface area contributed by atoms with Gasteiger partial charge in [0.2, 0.25) is 0 Å². The van der Waals surface area contributed by atoms with Gasteiger partial charge in [0, 0.05) is 35.2 Å². The monoisotopic (exact) mass is 421 g/mol. The SMILES string of the molecule is CCOCCN(CCOCC)C(=O)c1ccc(Br)cc1Br. The van der Waals surface area contributed by atoms with Crippen molar-refractivity contribution in [1.29, 1.82) is 0 Å². The number of amides is 1. The summed E-state index contributed by atoms with van der Waals surface area (Å²) in [4.78, 5) is 14.4. The molecule has 0 saturated carbocycles. The van der Waals surface area contributed by atoms with E-state index in [1.165, 1.54) is 0 Å². The Kier molecular flexibility index (Phi) is 9.15. The number of carbonyl (C=O) groups excluding carboxylic acids is 1. The lowest BCUT2D eigenvalue weighted by Gasteiger charge is -2.23. The van der Waals surface area contributed by atoms with Crippen LogP contribution in [0.1, 0.15) is 24.2 Å². The van der Waals surface area contributed by atoms with E-state index >= 15 is 0 Å². The Morgan fingerprint density at radius 1 is 1.10 bits per heavy atom. The van der Waals surface area contributed by atoms with Crippen LogP contribution in [0.5, 0.6) is 0 Å². The molecular weight excluding hydrogens is 402 g/mol. The van der Waals surface area contributed by atoms with Crippen LogP contribution in [-0.2, 0) is 9.47 Å². The van der Waals surface area contributed by atoms with Crippen molar-refractivity contribution in [2.75, 3.05) is 39.5 Å². The molecule has 0 aromatic heterocycles. The summed E-state index contributed by atoms with van der Waals surface area (Å²) in [5, 5.41) is 0. The summed E-state index contributed by atoms with van der Waals surface area (Å²) in [6, 6.07) is 5.54. The maximum Gasteiger partial charge on any atom is 0.255 e. The molecule has 1 aromatic rings. The predicted molar refractivity (Wildman–Crippen MR) is 90.7 cm³/mol. The number of carbonyl (C=O) groups is 1. The second-order valence-electron chi connectivity index (χ2n) is 4.31. The largest absolute Gasteiger partial charge is 0.380 e. The number of halogens is 2. The second kappa shape index (κ2) is 10.3. The van der Waals surface area contributed by atoms with Crippen molar-refractivity contribution < 1.29 is 14.3 Å². The molecule has 4 nitrogen and oxygen atoms in total. The summed E-state index contributed by atoms with van der Waals surface area (Å²) in [6.07, 6.45) is 0. The number of nitrogens with zero attached hydrogens (tertiary/aromatic N) is 1. The average molecular weight is 423 g/mol.